The summed E-state index contributed by atoms with van der Waals surface area (Å²) in [5.74, 6) is -5.74. The SMILES string of the molecule is O=C(O)C1CN(C(=O)N2CC[C@](c3ccc(C(OCc4c(F)cccc4F)(C(F)(F)F)C(F)(F)F)cc3)(S(=O)(=O)c3ccc(F)cc3)C2)C1. The van der Waals surface area contributed by atoms with Gasteiger partial charge < -0.3 is 19.6 Å². The lowest BCUT2D eigenvalue weighted by Gasteiger charge is -2.39. The van der Waals surface area contributed by atoms with Gasteiger partial charge >= 0.3 is 24.4 Å². The fourth-order valence-electron chi connectivity index (χ4n) is 5.98. The lowest BCUT2D eigenvalue weighted by molar-refractivity contribution is -0.392. The fourth-order valence-corrected chi connectivity index (χ4v) is 8.06. The first-order chi connectivity index (χ1) is 22.7. The third-order valence-corrected chi connectivity index (χ3v) is 11.2. The molecule has 1 N–H and O–H groups in total. The predicted molar refractivity (Wildman–Crippen MR) is 151 cm³/mol. The van der Waals surface area contributed by atoms with E-state index in [4.69, 9.17) is 5.11 Å². The molecule has 3 aromatic carbocycles. The predicted octanol–water partition coefficient (Wildman–Crippen LogP) is 6.15. The quantitative estimate of drug-likeness (QED) is 0.221. The van der Waals surface area contributed by atoms with Crippen LogP contribution in [0.3, 0.4) is 0 Å². The molecular weight excluding hydrogens is 699 g/mol. The van der Waals surface area contributed by atoms with E-state index in [1.54, 1.807) is 0 Å². The van der Waals surface area contributed by atoms with E-state index in [0.29, 0.717) is 36.4 Å². The van der Waals surface area contributed by atoms with E-state index < -0.39 is 104 Å². The van der Waals surface area contributed by atoms with Gasteiger partial charge in [0, 0.05) is 37.3 Å². The zero-order valence-electron chi connectivity index (χ0n) is 24.9. The first-order valence-electron chi connectivity index (χ1n) is 14.3. The van der Waals surface area contributed by atoms with Crippen molar-refractivity contribution in [2.24, 2.45) is 5.92 Å². The van der Waals surface area contributed by atoms with Crippen molar-refractivity contribution in [3.8, 4) is 0 Å². The highest BCUT2D eigenvalue weighted by molar-refractivity contribution is 7.92. The Labute approximate surface area is 272 Å². The number of hydrogen-bond acceptors (Lipinski definition) is 5. The van der Waals surface area contributed by atoms with E-state index >= 15 is 0 Å². The molecule has 2 saturated heterocycles. The standard InChI is InChI=1S/C31H25F9N2O6S/c32-21-8-10-22(11-9-21)49(46,47)28(12-13-41(17-28)27(45)42-14-18(15-42)26(43)44)19-4-6-20(7-5-19)29(30(35,36)37,31(38,39)40)48-16-23-24(33)2-1-3-25(23)34/h1-11,18H,12-17H2,(H,43,44)/t28-/m0/s1. The Hall–Kier alpha value is -4.32. The number of halogens is 9. The molecule has 49 heavy (non-hydrogen) atoms. The van der Waals surface area contributed by atoms with Crippen LogP contribution in [0.15, 0.2) is 71.6 Å². The third kappa shape index (κ3) is 6.08. The number of hydrogen-bond donors (Lipinski definition) is 1. The number of nitrogens with zero attached hydrogens (tertiary/aromatic N) is 2. The second-order valence-corrected chi connectivity index (χ2v) is 13.8. The minimum atomic E-state index is -6.26. The van der Waals surface area contributed by atoms with Crippen LogP contribution in [0, 0.1) is 23.4 Å². The van der Waals surface area contributed by atoms with Gasteiger partial charge in [-0.25, -0.2) is 26.4 Å². The van der Waals surface area contributed by atoms with Gasteiger partial charge in [-0.15, -0.1) is 0 Å². The minimum absolute atomic E-state index is 0.176. The van der Waals surface area contributed by atoms with Gasteiger partial charge in [0.2, 0.25) is 0 Å². The molecular formula is C31H25F9N2O6S. The number of likely N-dealkylation sites (tertiary alicyclic amines) is 2. The molecule has 3 aromatic rings. The Kier molecular flexibility index (Phi) is 9.20. The summed E-state index contributed by atoms with van der Waals surface area (Å²) < 4.78 is 159. The molecule has 0 unspecified atom stereocenters. The molecule has 0 aromatic heterocycles. The molecule has 0 radical (unpaired) electrons. The normalized spacial score (nSPS) is 19.2. The number of rotatable bonds is 8. The van der Waals surface area contributed by atoms with Crippen molar-refractivity contribution >= 4 is 21.8 Å². The van der Waals surface area contributed by atoms with Crippen molar-refractivity contribution < 1.29 is 67.4 Å². The summed E-state index contributed by atoms with van der Waals surface area (Å²) >= 11 is 0. The van der Waals surface area contributed by atoms with Crippen LogP contribution in [-0.2, 0) is 36.3 Å². The summed E-state index contributed by atoms with van der Waals surface area (Å²) in [7, 11) is -4.67. The van der Waals surface area contributed by atoms with Gasteiger partial charge in [0.05, 0.1) is 17.4 Å². The van der Waals surface area contributed by atoms with Crippen molar-refractivity contribution in [3.63, 3.8) is 0 Å². The summed E-state index contributed by atoms with van der Waals surface area (Å²) in [5, 5.41) is 9.14. The Bertz CT molecular complexity index is 1810. The summed E-state index contributed by atoms with van der Waals surface area (Å²) in [6.45, 7) is -3.05. The average molecular weight is 725 g/mol. The number of carboxylic acids is 1. The number of carbonyl (C=O) groups excluding carboxylic acids is 1. The lowest BCUT2D eigenvalue weighted by atomic mass is 9.88. The second kappa shape index (κ2) is 12.5. The average Bonchev–Trinajstić information content (AvgIpc) is 3.44. The smallest absolute Gasteiger partial charge is 0.430 e. The second-order valence-electron chi connectivity index (χ2n) is 11.6. The maximum Gasteiger partial charge on any atom is 0.430 e. The molecule has 0 bridgehead atoms. The highest BCUT2D eigenvalue weighted by Crippen LogP contribution is 2.54. The molecule has 5 rings (SSSR count). The van der Waals surface area contributed by atoms with E-state index in [9.17, 15) is 57.5 Å². The number of benzene rings is 3. The maximum atomic E-state index is 14.5. The van der Waals surface area contributed by atoms with Crippen LogP contribution in [0.2, 0.25) is 0 Å². The Morgan fingerprint density at radius 2 is 1.39 bits per heavy atom. The van der Waals surface area contributed by atoms with Gasteiger partial charge in [-0.05, 0) is 48.4 Å². The highest BCUT2D eigenvalue weighted by atomic mass is 32.2. The zero-order chi connectivity index (χ0) is 36.2. The number of aliphatic carboxylic acids is 1. The molecule has 18 heteroatoms. The molecule has 2 fully saturated rings. The third-order valence-electron chi connectivity index (χ3n) is 8.75. The molecule has 0 saturated carbocycles. The topological polar surface area (TPSA) is 104 Å². The Balaban J connectivity index is 1.58. The molecule has 2 aliphatic rings. The summed E-state index contributed by atoms with van der Waals surface area (Å²) in [5.41, 5.74) is -8.25. The molecule has 8 nitrogen and oxygen atoms in total. The number of urea groups is 1. The number of sulfone groups is 1. The molecule has 2 aliphatic heterocycles. The van der Waals surface area contributed by atoms with Crippen LogP contribution >= 0.6 is 0 Å². The van der Waals surface area contributed by atoms with Crippen LogP contribution in [-0.4, -0.2) is 73.9 Å². The van der Waals surface area contributed by atoms with E-state index in [2.05, 4.69) is 4.74 Å². The van der Waals surface area contributed by atoms with Crippen molar-refractivity contribution in [3.05, 3.63) is 101 Å². The molecule has 2 heterocycles. The molecule has 264 valence electrons. The summed E-state index contributed by atoms with van der Waals surface area (Å²) in [6, 6.07) is 6.82. The van der Waals surface area contributed by atoms with Crippen LogP contribution in [0.1, 0.15) is 23.1 Å². The van der Waals surface area contributed by atoms with E-state index in [-0.39, 0.29) is 25.2 Å². The van der Waals surface area contributed by atoms with Gasteiger partial charge in [0.25, 0.3) is 5.60 Å². The van der Waals surface area contributed by atoms with Crippen LogP contribution in [0.25, 0.3) is 0 Å². The molecule has 0 aliphatic carbocycles. The Morgan fingerprint density at radius 1 is 0.837 bits per heavy atom. The summed E-state index contributed by atoms with van der Waals surface area (Å²) in [6.07, 6.45) is -12.9. The van der Waals surface area contributed by atoms with Crippen molar-refractivity contribution in [1.82, 2.24) is 9.80 Å². The molecule has 0 spiro atoms. The first-order valence-corrected chi connectivity index (χ1v) is 15.8. The van der Waals surface area contributed by atoms with Crippen molar-refractivity contribution in [1.29, 1.82) is 0 Å². The van der Waals surface area contributed by atoms with E-state index in [1.807, 2.05) is 0 Å². The largest absolute Gasteiger partial charge is 0.481 e. The highest BCUT2D eigenvalue weighted by Gasteiger charge is 2.73. The molecule has 1 atom stereocenters. The van der Waals surface area contributed by atoms with Gasteiger partial charge in [0.15, 0.2) is 9.84 Å². The number of carbonyl (C=O) groups is 2. The van der Waals surface area contributed by atoms with Gasteiger partial charge in [-0.1, -0.05) is 30.3 Å². The van der Waals surface area contributed by atoms with Crippen LogP contribution < -0.4 is 0 Å². The monoisotopic (exact) mass is 724 g/mol. The number of alkyl halides is 6. The van der Waals surface area contributed by atoms with Gasteiger partial charge in [-0.3, -0.25) is 4.79 Å². The fraction of sp³-hybridized carbons (Fsp3) is 0.355. The summed E-state index contributed by atoms with van der Waals surface area (Å²) in [4.78, 5) is 26.1. The van der Waals surface area contributed by atoms with Gasteiger partial charge in [0.1, 0.15) is 22.2 Å². The van der Waals surface area contributed by atoms with E-state index in [0.717, 1.165) is 40.1 Å². The van der Waals surface area contributed by atoms with Crippen LogP contribution in [0.5, 0.6) is 0 Å². The molecule has 2 amide bonds. The van der Waals surface area contributed by atoms with Gasteiger partial charge in [-0.2, -0.15) is 26.3 Å². The first kappa shape index (κ1) is 36.0. The number of amides is 2. The lowest BCUT2D eigenvalue weighted by Crippen LogP contribution is -2.57. The Morgan fingerprint density at radius 3 is 1.90 bits per heavy atom. The van der Waals surface area contributed by atoms with Crippen molar-refractivity contribution in [2.45, 2.75) is 40.6 Å². The minimum Gasteiger partial charge on any atom is -0.481 e. The maximum absolute atomic E-state index is 14.5. The zero-order valence-corrected chi connectivity index (χ0v) is 25.7. The van der Waals surface area contributed by atoms with Crippen LogP contribution in [0.4, 0.5) is 44.3 Å². The van der Waals surface area contributed by atoms with Crippen molar-refractivity contribution in [2.75, 3.05) is 26.2 Å². The van der Waals surface area contributed by atoms with E-state index in [1.165, 1.54) is 0 Å². The number of carboxylic acid groups (broad SMARTS) is 1. The number of ether oxygens (including phenoxy) is 1.